The topological polar surface area (TPSA) is 38.9 Å². The lowest BCUT2D eigenvalue weighted by atomic mass is 10.2. The Morgan fingerprint density at radius 1 is 1.50 bits per heavy atom. The second-order valence-electron chi connectivity index (χ2n) is 3.43. The van der Waals surface area contributed by atoms with E-state index in [1.54, 1.807) is 11.3 Å². The molecule has 0 aliphatic heterocycles. The number of hydrogen-bond donors (Lipinski definition) is 1. The molecule has 1 heterocycles. The van der Waals surface area contributed by atoms with Gasteiger partial charge in [0.2, 0.25) is 0 Å². The molecule has 1 atom stereocenters. The summed E-state index contributed by atoms with van der Waals surface area (Å²) >= 11 is 7.70. The molecular formula is C10H11ClN2S. The molecule has 0 spiro atoms. The Hall–Kier alpha value is -0.640. The molecule has 0 aliphatic carbocycles. The maximum absolute atomic E-state index is 6.08. The number of thiazole rings is 1. The van der Waals surface area contributed by atoms with Gasteiger partial charge in [0.15, 0.2) is 0 Å². The Kier molecular flexibility index (Phi) is 2.47. The van der Waals surface area contributed by atoms with Crippen LogP contribution in [-0.2, 0) is 0 Å². The Morgan fingerprint density at radius 3 is 2.86 bits per heavy atom. The SMILES string of the molecule is Cc1cc(Cl)c2nc(C(C)N)sc2c1. The molecule has 14 heavy (non-hydrogen) atoms. The molecule has 2 nitrogen and oxygen atoms in total. The Labute approximate surface area is 91.7 Å². The van der Waals surface area contributed by atoms with Crippen molar-refractivity contribution in [2.75, 3.05) is 0 Å². The third-order valence-corrected chi connectivity index (χ3v) is 3.49. The molecule has 1 unspecified atom stereocenters. The van der Waals surface area contributed by atoms with Crippen molar-refractivity contribution in [2.45, 2.75) is 19.9 Å². The van der Waals surface area contributed by atoms with Crippen molar-refractivity contribution in [1.82, 2.24) is 4.98 Å². The molecule has 0 fully saturated rings. The third-order valence-electron chi connectivity index (χ3n) is 2.00. The summed E-state index contributed by atoms with van der Waals surface area (Å²) < 4.78 is 1.11. The smallest absolute Gasteiger partial charge is 0.110 e. The van der Waals surface area contributed by atoms with E-state index in [1.807, 2.05) is 19.9 Å². The minimum atomic E-state index is -0.0243. The van der Waals surface area contributed by atoms with E-state index < -0.39 is 0 Å². The number of hydrogen-bond acceptors (Lipinski definition) is 3. The van der Waals surface area contributed by atoms with E-state index in [4.69, 9.17) is 17.3 Å². The number of fused-ring (bicyclic) bond motifs is 1. The minimum Gasteiger partial charge on any atom is -0.322 e. The summed E-state index contributed by atoms with van der Waals surface area (Å²) in [6.45, 7) is 3.95. The molecule has 1 aromatic heterocycles. The second-order valence-corrected chi connectivity index (χ2v) is 4.90. The van der Waals surface area contributed by atoms with Crippen molar-refractivity contribution in [3.8, 4) is 0 Å². The zero-order valence-corrected chi connectivity index (χ0v) is 9.62. The molecule has 0 amide bonds. The second kappa shape index (κ2) is 3.50. The van der Waals surface area contributed by atoms with Crippen LogP contribution in [0.25, 0.3) is 10.2 Å². The molecule has 0 aliphatic rings. The molecule has 0 bridgehead atoms. The third kappa shape index (κ3) is 1.63. The molecule has 2 aromatic rings. The van der Waals surface area contributed by atoms with E-state index in [2.05, 4.69) is 11.1 Å². The summed E-state index contributed by atoms with van der Waals surface area (Å²) in [5, 5.41) is 1.65. The average molecular weight is 227 g/mol. The number of nitrogens with two attached hydrogens (primary N) is 1. The van der Waals surface area contributed by atoms with Gasteiger partial charge in [0, 0.05) is 0 Å². The highest BCUT2D eigenvalue weighted by molar-refractivity contribution is 7.18. The van der Waals surface area contributed by atoms with Crippen LogP contribution in [0, 0.1) is 6.92 Å². The van der Waals surface area contributed by atoms with Crippen molar-refractivity contribution in [3.63, 3.8) is 0 Å². The molecule has 4 heteroatoms. The molecular weight excluding hydrogens is 216 g/mol. The lowest BCUT2D eigenvalue weighted by Gasteiger charge is -1.95. The maximum Gasteiger partial charge on any atom is 0.110 e. The highest BCUT2D eigenvalue weighted by Crippen LogP contribution is 2.31. The van der Waals surface area contributed by atoms with Crippen LogP contribution in [0.2, 0.25) is 5.02 Å². The van der Waals surface area contributed by atoms with Crippen LogP contribution in [0.5, 0.6) is 0 Å². The lowest BCUT2D eigenvalue weighted by Crippen LogP contribution is -2.03. The van der Waals surface area contributed by atoms with E-state index in [9.17, 15) is 0 Å². The normalized spacial score (nSPS) is 13.4. The largest absolute Gasteiger partial charge is 0.322 e. The number of benzene rings is 1. The Morgan fingerprint density at radius 2 is 2.21 bits per heavy atom. The Bertz CT molecular complexity index is 476. The van der Waals surface area contributed by atoms with E-state index in [1.165, 1.54) is 0 Å². The molecule has 2 N–H and O–H groups in total. The van der Waals surface area contributed by atoms with Crippen LogP contribution in [0.1, 0.15) is 23.5 Å². The van der Waals surface area contributed by atoms with Gasteiger partial charge in [0.25, 0.3) is 0 Å². The fraction of sp³-hybridized carbons (Fsp3) is 0.300. The molecule has 0 radical (unpaired) electrons. The Balaban J connectivity index is 2.70. The van der Waals surface area contributed by atoms with Gasteiger partial charge < -0.3 is 5.73 Å². The fourth-order valence-corrected chi connectivity index (χ4v) is 2.75. The average Bonchev–Trinajstić information content (AvgIpc) is 2.47. The fourth-order valence-electron chi connectivity index (χ4n) is 1.33. The predicted molar refractivity (Wildman–Crippen MR) is 62.0 cm³/mol. The van der Waals surface area contributed by atoms with Gasteiger partial charge in [-0.15, -0.1) is 11.3 Å². The number of aryl methyl sites for hydroxylation is 1. The van der Waals surface area contributed by atoms with Gasteiger partial charge in [-0.3, -0.25) is 0 Å². The maximum atomic E-state index is 6.08. The van der Waals surface area contributed by atoms with Crippen LogP contribution in [0.4, 0.5) is 0 Å². The van der Waals surface area contributed by atoms with Gasteiger partial charge in [0.1, 0.15) is 10.5 Å². The standard InChI is InChI=1S/C10H11ClN2S/c1-5-3-7(11)9-8(4-5)14-10(13-9)6(2)12/h3-4,6H,12H2,1-2H3. The number of aromatic nitrogens is 1. The first kappa shape index (κ1) is 9.90. The lowest BCUT2D eigenvalue weighted by molar-refractivity contribution is 0.810. The van der Waals surface area contributed by atoms with Gasteiger partial charge >= 0.3 is 0 Å². The molecule has 1 aromatic carbocycles. The summed E-state index contributed by atoms with van der Waals surface area (Å²) in [7, 11) is 0. The van der Waals surface area contributed by atoms with Gasteiger partial charge in [-0.05, 0) is 31.5 Å². The highest BCUT2D eigenvalue weighted by Gasteiger charge is 2.10. The summed E-state index contributed by atoms with van der Waals surface area (Å²) in [5.41, 5.74) is 7.80. The first-order valence-electron chi connectivity index (χ1n) is 4.40. The van der Waals surface area contributed by atoms with Crippen molar-refractivity contribution in [3.05, 3.63) is 27.7 Å². The van der Waals surface area contributed by atoms with Gasteiger partial charge in [-0.25, -0.2) is 4.98 Å². The zero-order valence-electron chi connectivity index (χ0n) is 8.04. The zero-order chi connectivity index (χ0) is 10.3. The number of rotatable bonds is 1. The summed E-state index contributed by atoms with van der Waals surface area (Å²) in [4.78, 5) is 4.41. The minimum absolute atomic E-state index is 0.0243. The molecule has 2 rings (SSSR count). The van der Waals surface area contributed by atoms with E-state index in [-0.39, 0.29) is 6.04 Å². The van der Waals surface area contributed by atoms with Crippen molar-refractivity contribution >= 4 is 33.2 Å². The first-order chi connectivity index (χ1) is 6.58. The van der Waals surface area contributed by atoms with Gasteiger partial charge in [0.05, 0.1) is 15.8 Å². The van der Waals surface area contributed by atoms with Crippen LogP contribution in [0.15, 0.2) is 12.1 Å². The van der Waals surface area contributed by atoms with Gasteiger partial charge in [-0.2, -0.15) is 0 Å². The predicted octanol–water partition coefficient (Wildman–Crippen LogP) is 3.28. The van der Waals surface area contributed by atoms with Crippen LogP contribution in [-0.4, -0.2) is 4.98 Å². The first-order valence-corrected chi connectivity index (χ1v) is 5.59. The highest BCUT2D eigenvalue weighted by atomic mass is 35.5. The van der Waals surface area contributed by atoms with Crippen molar-refractivity contribution in [1.29, 1.82) is 0 Å². The molecule has 0 saturated carbocycles. The number of nitrogens with zero attached hydrogens (tertiary/aromatic N) is 1. The van der Waals surface area contributed by atoms with E-state index >= 15 is 0 Å². The van der Waals surface area contributed by atoms with Crippen molar-refractivity contribution < 1.29 is 0 Å². The van der Waals surface area contributed by atoms with Crippen LogP contribution < -0.4 is 5.73 Å². The quantitative estimate of drug-likeness (QED) is 0.811. The van der Waals surface area contributed by atoms with E-state index in [0.29, 0.717) is 5.02 Å². The van der Waals surface area contributed by atoms with Gasteiger partial charge in [-0.1, -0.05) is 11.6 Å². The van der Waals surface area contributed by atoms with Crippen LogP contribution in [0.3, 0.4) is 0 Å². The molecule has 0 saturated heterocycles. The number of halogens is 1. The molecule has 74 valence electrons. The summed E-state index contributed by atoms with van der Waals surface area (Å²) in [6, 6.07) is 3.99. The summed E-state index contributed by atoms with van der Waals surface area (Å²) in [5.74, 6) is 0. The van der Waals surface area contributed by atoms with Crippen molar-refractivity contribution in [2.24, 2.45) is 5.73 Å². The van der Waals surface area contributed by atoms with Crippen LogP contribution >= 0.6 is 22.9 Å². The summed E-state index contributed by atoms with van der Waals surface area (Å²) in [6.07, 6.45) is 0. The van der Waals surface area contributed by atoms with E-state index in [0.717, 1.165) is 20.8 Å². The monoisotopic (exact) mass is 226 g/mol.